The molecule has 0 bridgehead atoms. The maximum absolute atomic E-state index is 13.0. The zero-order chi connectivity index (χ0) is 21.5. The highest BCUT2D eigenvalue weighted by Crippen LogP contribution is 2.50. The topological polar surface area (TPSA) is 57.7 Å². The summed E-state index contributed by atoms with van der Waals surface area (Å²) in [6.45, 7) is 5.65. The predicted molar refractivity (Wildman–Crippen MR) is 118 cm³/mol. The predicted octanol–water partition coefficient (Wildman–Crippen LogP) is 4.10. The molecule has 1 saturated heterocycles. The highest BCUT2D eigenvalue weighted by molar-refractivity contribution is 7.89. The molecule has 1 amide bonds. The number of amides is 1. The maximum Gasteiger partial charge on any atom is 0.243 e. The van der Waals surface area contributed by atoms with E-state index in [1.165, 1.54) is 4.31 Å². The van der Waals surface area contributed by atoms with Gasteiger partial charge in [0.2, 0.25) is 15.9 Å². The first-order valence-corrected chi connectivity index (χ1v) is 12.2. The third-order valence-electron chi connectivity index (χ3n) is 6.15. The zero-order valence-electron chi connectivity index (χ0n) is 17.3. The average molecular weight is 447 g/mol. The van der Waals surface area contributed by atoms with Crippen LogP contribution in [0.3, 0.4) is 0 Å². The van der Waals surface area contributed by atoms with E-state index in [1.807, 2.05) is 36.4 Å². The van der Waals surface area contributed by atoms with Crippen LogP contribution in [0.15, 0.2) is 53.4 Å². The molecule has 2 fully saturated rings. The highest BCUT2D eigenvalue weighted by atomic mass is 35.5. The van der Waals surface area contributed by atoms with Gasteiger partial charge in [0.15, 0.2) is 0 Å². The van der Waals surface area contributed by atoms with Crippen molar-refractivity contribution in [3.63, 3.8) is 0 Å². The summed E-state index contributed by atoms with van der Waals surface area (Å²) in [7, 11) is -3.54. The van der Waals surface area contributed by atoms with Gasteiger partial charge in [-0.25, -0.2) is 8.42 Å². The van der Waals surface area contributed by atoms with E-state index >= 15 is 0 Å². The summed E-state index contributed by atoms with van der Waals surface area (Å²) in [5, 5.41) is 0.706. The summed E-state index contributed by atoms with van der Waals surface area (Å²) in [5.41, 5.74) is 2.14. The molecule has 160 valence electrons. The number of hydrogen-bond donors (Lipinski definition) is 0. The lowest BCUT2D eigenvalue weighted by molar-refractivity contribution is -0.133. The van der Waals surface area contributed by atoms with Gasteiger partial charge in [-0.15, -0.1) is 0 Å². The van der Waals surface area contributed by atoms with Crippen LogP contribution in [-0.2, 0) is 14.8 Å². The van der Waals surface area contributed by atoms with Crippen molar-refractivity contribution < 1.29 is 13.2 Å². The summed E-state index contributed by atoms with van der Waals surface area (Å²) in [6, 6.07) is 14.8. The average Bonchev–Trinajstić information content (AvgIpc) is 3.54. The van der Waals surface area contributed by atoms with Gasteiger partial charge in [0.25, 0.3) is 0 Å². The van der Waals surface area contributed by atoms with Gasteiger partial charge in [0.05, 0.1) is 4.90 Å². The molecule has 0 N–H and O–H groups in total. The number of nitrogens with zero attached hydrogens (tertiary/aromatic N) is 2. The van der Waals surface area contributed by atoms with Crippen LogP contribution in [0.25, 0.3) is 0 Å². The van der Waals surface area contributed by atoms with E-state index in [0.29, 0.717) is 42.0 Å². The SMILES string of the molecule is CC(C)c1ccc(S(=O)(=O)N2CCN(C(=O)C3CC3c3ccccc3Cl)CC2)cc1. The van der Waals surface area contributed by atoms with Gasteiger partial charge in [0.1, 0.15) is 0 Å². The van der Waals surface area contributed by atoms with Crippen LogP contribution in [0.1, 0.15) is 43.2 Å². The van der Waals surface area contributed by atoms with Crippen molar-refractivity contribution in [3.8, 4) is 0 Å². The number of carbonyl (C=O) groups is 1. The monoisotopic (exact) mass is 446 g/mol. The normalized spacial score (nSPS) is 22.3. The quantitative estimate of drug-likeness (QED) is 0.694. The first-order valence-electron chi connectivity index (χ1n) is 10.4. The van der Waals surface area contributed by atoms with Gasteiger partial charge in [-0.1, -0.05) is 55.8 Å². The molecule has 0 aromatic heterocycles. The van der Waals surface area contributed by atoms with Crippen LogP contribution < -0.4 is 0 Å². The molecule has 2 atom stereocenters. The summed E-state index contributed by atoms with van der Waals surface area (Å²) in [5.74, 6) is 0.593. The van der Waals surface area contributed by atoms with Crippen LogP contribution in [0.5, 0.6) is 0 Å². The number of piperazine rings is 1. The molecule has 30 heavy (non-hydrogen) atoms. The lowest BCUT2D eigenvalue weighted by atomic mass is 10.0. The lowest BCUT2D eigenvalue weighted by Gasteiger charge is -2.34. The molecule has 2 unspecified atom stereocenters. The molecule has 2 aromatic rings. The van der Waals surface area contributed by atoms with Crippen molar-refractivity contribution in [2.24, 2.45) is 5.92 Å². The number of carbonyl (C=O) groups excluding carboxylic acids is 1. The largest absolute Gasteiger partial charge is 0.340 e. The summed E-state index contributed by atoms with van der Waals surface area (Å²) in [6.07, 6.45) is 0.809. The smallest absolute Gasteiger partial charge is 0.243 e. The second-order valence-corrected chi connectivity index (χ2v) is 10.8. The molecule has 1 aliphatic heterocycles. The molecule has 1 heterocycles. The Labute approximate surface area is 183 Å². The highest BCUT2D eigenvalue weighted by Gasteiger charge is 2.47. The Morgan fingerprint density at radius 1 is 1.00 bits per heavy atom. The Morgan fingerprint density at radius 2 is 1.63 bits per heavy atom. The van der Waals surface area contributed by atoms with Crippen molar-refractivity contribution in [3.05, 3.63) is 64.7 Å². The van der Waals surface area contributed by atoms with E-state index in [1.54, 1.807) is 17.0 Å². The van der Waals surface area contributed by atoms with Crippen LogP contribution in [0.4, 0.5) is 0 Å². The fraction of sp³-hybridized carbons (Fsp3) is 0.435. The second kappa shape index (κ2) is 8.33. The van der Waals surface area contributed by atoms with Crippen molar-refractivity contribution in [1.82, 2.24) is 9.21 Å². The van der Waals surface area contributed by atoms with Crippen LogP contribution in [0.2, 0.25) is 5.02 Å². The maximum atomic E-state index is 13.0. The van der Waals surface area contributed by atoms with Gasteiger partial charge in [-0.05, 0) is 47.6 Å². The van der Waals surface area contributed by atoms with Gasteiger partial charge >= 0.3 is 0 Å². The van der Waals surface area contributed by atoms with Gasteiger partial charge < -0.3 is 4.90 Å². The molecular formula is C23H27ClN2O3S. The standard InChI is InChI=1S/C23H27ClN2O3S/c1-16(2)17-7-9-18(10-8-17)30(28,29)26-13-11-25(12-14-26)23(27)21-15-20(21)19-5-3-4-6-22(19)24/h3-10,16,20-21H,11-15H2,1-2H3. The van der Waals surface area contributed by atoms with Gasteiger partial charge in [-0.2, -0.15) is 4.31 Å². The third-order valence-corrected chi connectivity index (χ3v) is 8.40. The Balaban J connectivity index is 1.37. The summed E-state index contributed by atoms with van der Waals surface area (Å²) in [4.78, 5) is 15.0. The Kier molecular flexibility index (Phi) is 5.93. The molecule has 7 heteroatoms. The fourth-order valence-electron chi connectivity index (χ4n) is 4.14. The number of hydrogen-bond acceptors (Lipinski definition) is 3. The first-order chi connectivity index (χ1) is 14.3. The number of rotatable bonds is 5. The zero-order valence-corrected chi connectivity index (χ0v) is 18.9. The minimum atomic E-state index is -3.54. The molecular weight excluding hydrogens is 420 g/mol. The third kappa shape index (κ3) is 4.13. The molecule has 4 rings (SSSR count). The molecule has 2 aromatic carbocycles. The summed E-state index contributed by atoms with van der Waals surface area (Å²) >= 11 is 6.27. The molecule has 2 aliphatic rings. The van der Waals surface area contributed by atoms with E-state index in [9.17, 15) is 13.2 Å². The van der Waals surface area contributed by atoms with Crippen LogP contribution in [-0.4, -0.2) is 49.7 Å². The van der Waals surface area contributed by atoms with E-state index < -0.39 is 10.0 Å². The van der Waals surface area contributed by atoms with E-state index in [2.05, 4.69) is 13.8 Å². The van der Waals surface area contributed by atoms with E-state index in [4.69, 9.17) is 11.6 Å². The van der Waals surface area contributed by atoms with Crippen molar-refractivity contribution in [2.75, 3.05) is 26.2 Å². The molecule has 0 radical (unpaired) electrons. The number of halogens is 1. The van der Waals surface area contributed by atoms with Crippen molar-refractivity contribution in [2.45, 2.75) is 37.0 Å². The van der Waals surface area contributed by atoms with Crippen LogP contribution in [0, 0.1) is 5.92 Å². The summed E-state index contributed by atoms with van der Waals surface area (Å²) < 4.78 is 27.4. The first kappa shape index (κ1) is 21.3. The van der Waals surface area contributed by atoms with Gasteiger partial charge in [-0.3, -0.25) is 4.79 Å². The molecule has 1 saturated carbocycles. The van der Waals surface area contributed by atoms with Crippen molar-refractivity contribution in [1.29, 1.82) is 0 Å². The Hall–Kier alpha value is -1.89. The number of sulfonamides is 1. The minimum Gasteiger partial charge on any atom is -0.340 e. The lowest BCUT2D eigenvalue weighted by Crippen LogP contribution is -2.51. The van der Waals surface area contributed by atoms with E-state index in [0.717, 1.165) is 17.5 Å². The Bertz CT molecular complexity index is 1030. The van der Waals surface area contributed by atoms with Crippen molar-refractivity contribution >= 4 is 27.5 Å². The molecule has 5 nitrogen and oxygen atoms in total. The minimum absolute atomic E-state index is 0.0448. The Morgan fingerprint density at radius 3 is 2.23 bits per heavy atom. The second-order valence-electron chi connectivity index (χ2n) is 8.42. The van der Waals surface area contributed by atoms with E-state index in [-0.39, 0.29) is 17.7 Å². The number of benzene rings is 2. The van der Waals surface area contributed by atoms with Crippen LogP contribution >= 0.6 is 11.6 Å². The molecule has 1 aliphatic carbocycles. The van der Waals surface area contributed by atoms with Gasteiger partial charge in [0, 0.05) is 37.1 Å². The fourth-order valence-corrected chi connectivity index (χ4v) is 5.84. The molecule has 0 spiro atoms.